The fraction of sp³-hybridized carbons (Fsp3) is 0.100. The van der Waals surface area contributed by atoms with Gasteiger partial charge in [0.15, 0.2) is 5.82 Å². The third kappa shape index (κ3) is 3.39. The number of hydrogen-bond acceptors (Lipinski definition) is 5. The van der Waals surface area contributed by atoms with Gasteiger partial charge in [0.1, 0.15) is 23.3 Å². The number of para-hydroxylation sites is 1. The van der Waals surface area contributed by atoms with Crippen molar-refractivity contribution in [3.05, 3.63) is 83.1 Å². The lowest BCUT2D eigenvalue weighted by Gasteiger charge is -2.08. The van der Waals surface area contributed by atoms with Crippen LogP contribution in [0.2, 0.25) is 5.02 Å². The smallest absolute Gasteiger partial charge is 0.257 e. The number of aromatic nitrogens is 4. The lowest BCUT2D eigenvalue weighted by Crippen LogP contribution is -2.25. The third-order valence-electron chi connectivity index (χ3n) is 4.24. The van der Waals surface area contributed by atoms with Crippen LogP contribution in [-0.4, -0.2) is 25.8 Å². The maximum atomic E-state index is 12.9. The second-order valence-electron chi connectivity index (χ2n) is 6.05. The lowest BCUT2D eigenvalue weighted by molar-refractivity contribution is 0.0948. The highest BCUT2D eigenvalue weighted by atomic mass is 35.5. The van der Waals surface area contributed by atoms with Crippen LogP contribution in [0.3, 0.4) is 0 Å². The molecule has 1 N–H and O–H groups in total. The molecule has 0 saturated carbocycles. The number of carbonyl (C=O) groups excluding carboxylic acids is 1. The summed E-state index contributed by atoms with van der Waals surface area (Å²) >= 11 is 6.26. The average Bonchev–Trinajstić information content (AvgIpc) is 3.34. The van der Waals surface area contributed by atoms with E-state index in [1.807, 2.05) is 42.5 Å². The van der Waals surface area contributed by atoms with Gasteiger partial charge in [-0.05, 0) is 25.1 Å². The van der Waals surface area contributed by atoms with Crippen LogP contribution in [0.4, 0.5) is 0 Å². The monoisotopic (exact) mass is 393 g/mol. The highest BCUT2D eigenvalue weighted by molar-refractivity contribution is 6.33. The first kappa shape index (κ1) is 17.9. The van der Waals surface area contributed by atoms with Crippen molar-refractivity contribution in [2.24, 2.45) is 0 Å². The Morgan fingerprint density at radius 2 is 1.89 bits per heavy atom. The maximum absolute atomic E-state index is 12.9. The summed E-state index contributed by atoms with van der Waals surface area (Å²) in [6.07, 6.45) is 1.45. The summed E-state index contributed by atoms with van der Waals surface area (Å²) < 4.78 is 6.93. The predicted octanol–water partition coefficient (Wildman–Crippen LogP) is 3.81. The molecule has 0 bridgehead atoms. The van der Waals surface area contributed by atoms with Crippen molar-refractivity contribution in [2.45, 2.75) is 13.5 Å². The molecular weight excluding hydrogens is 378 g/mol. The lowest BCUT2D eigenvalue weighted by atomic mass is 10.1. The average molecular weight is 394 g/mol. The van der Waals surface area contributed by atoms with E-state index in [4.69, 9.17) is 16.1 Å². The van der Waals surface area contributed by atoms with E-state index in [0.29, 0.717) is 33.4 Å². The topological polar surface area (TPSA) is 85.8 Å². The number of rotatable bonds is 5. The van der Waals surface area contributed by atoms with Crippen molar-refractivity contribution in [2.75, 3.05) is 0 Å². The van der Waals surface area contributed by atoms with Crippen molar-refractivity contribution < 1.29 is 9.32 Å². The minimum atomic E-state index is -0.323. The van der Waals surface area contributed by atoms with E-state index in [2.05, 4.69) is 20.6 Å². The number of nitrogens with one attached hydrogen (secondary N) is 1. The molecule has 0 fully saturated rings. The van der Waals surface area contributed by atoms with Crippen LogP contribution in [0.5, 0.6) is 0 Å². The Bertz CT molecular complexity index is 1120. The largest absolute Gasteiger partial charge is 0.360 e. The number of aryl methyl sites for hydroxylation is 1. The molecule has 0 aliphatic rings. The molecule has 140 valence electrons. The van der Waals surface area contributed by atoms with Crippen LogP contribution in [0.1, 0.15) is 21.9 Å². The van der Waals surface area contributed by atoms with E-state index >= 15 is 0 Å². The van der Waals surface area contributed by atoms with Gasteiger partial charge < -0.3 is 9.84 Å². The van der Waals surface area contributed by atoms with Gasteiger partial charge >= 0.3 is 0 Å². The summed E-state index contributed by atoms with van der Waals surface area (Å²) in [5.74, 6) is 0.696. The van der Waals surface area contributed by atoms with E-state index in [9.17, 15) is 4.79 Å². The van der Waals surface area contributed by atoms with Gasteiger partial charge in [0.25, 0.3) is 5.91 Å². The maximum Gasteiger partial charge on any atom is 0.257 e. The Hall–Kier alpha value is -3.45. The number of benzene rings is 2. The number of halogens is 1. The minimum absolute atomic E-state index is 0.195. The van der Waals surface area contributed by atoms with Crippen LogP contribution < -0.4 is 5.32 Å². The summed E-state index contributed by atoms with van der Waals surface area (Å²) in [5, 5.41) is 11.6. The molecule has 2 heterocycles. The molecule has 4 rings (SSSR count). The Morgan fingerprint density at radius 1 is 1.14 bits per heavy atom. The van der Waals surface area contributed by atoms with Crippen molar-refractivity contribution in [1.29, 1.82) is 0 Å². The first-order valence-electron chi connectivity index (χ1n) is 8.59. The Morgan fingerprint density at radius 3 is 2.68 bits per heavy atom. The molecule has 0 aliphatic heterocycles. The molecule has 1 amide bonds. The highest BCUT2D eigenvalue weighted by Gasteiger charge is 2.23. The van der Waals surface area contributed by atoms with Crippen molar-refractivity contribution >= 4 is 17.5 Å². The van der Waals surface area contributed by atoms with Gasteiger partial charge in [0.05, 0.1) is 17.3 Å². The normalized spacial score (nSPS) is 10.8. The molecule has 28 heavy (non-hydrogen) atoms. The van der Waals surface area contributed by atoms with Gasteiger partial charge in [-0.15, -0.1) is 0 Å². The van der Waals surface area contributed by atoms with Gasteiger partial charge in [-0.3, -0.25) is 4.79 Å². The van der Waals surface area contributed by atoms with E-state index in [0.717, 1.165) is 5.69 Å². The van der Waals surface area contributed by atoms with E-state index in [-0.39, 0.29) is 12.5 Å². The van der Waals surface area contributed by atoms with Crippen LogP contribution in [-0.2, 0) is 6.54 Å². The molecule has 0 radical (unpaired) electrons. The van der Waals surface area contributed by atoms with Crippen LogP contribution in [0.25, 0.3) is 16.9 Å². The SMILES string of the molecule is Cc1onc(-c2ccccc2Cl)c1C(=O)NCc1ncnn1-c1ccccc1. The van der Waals surface area contributed by atoms with Crippen LogP contribution in [0, 0.1) is 6.92 Å². The standard InChI is InChI=1S/C20H16ClN5O2/c1-13-18(19(25-28-13)15-9-5-6-10-16(15)21)20(27)22-11-17-23-12-24-26(17)14-7-3-2-4-8-14/h2-10,12H,11H2,1H3,(H,22,27). The first-order chi connectivity index (χ1) is 13.6. The molecule has 2 aromatic heterocycles. The predicted molar refractivity (Wildman–Crippen MR) is 104 cm³/mol. The second kappa shape index (κ2) is 7.66. The number of hydrogen-bond donors (Lipinski definition) is 1. The Kier molecular flexibility index (Phi) is 4.90. The summed E-state index contributed by atoms with van der Waals surface area (Å²) in [6, 6.07) is 16.8. The molecular formula is C20H16ClN5O2. The highest BCUT2D eigenvalue weighted by Crippen LogP contribution is 2.30. The molecule has 0 aliphatic carbocycles. The first-order valence-corrected chi connectivity index (χ1v) is 8.96. The minimum Gasteiger partial charge on any atom is -0.360 e. The van der Waals surface area contributed by atoms with Gasteiger partial charge in [-0.25, -0.2) is 9.67 Å². The molecule has 0 spiro atoms. The van der Waals surface area contributed by atoms with Gasteiger partial charge in [-0.2, -0.15) is 5.10 Å². The summed E-state index contributed by atoms with van der Waals surface area (Å²) in [4.78, 5) is 17.1. The zero-order valence-corrected chi connectivity index (χ0v) is 15.7. The fourth-order valence-corrected chi connectivity index (χ4v) is 3.12. The number of carbonyl (C=O) groups is 1. The molecule has 7 nitrogen and oxygen atoms in total. The molecule has 0 saturated heterocycles. The summed E-state index contributed by atoms with van der Waals surface area (Å²) in [6.45, 7) is 1.88. The zero-order valence-electron chi connectivity index (χ0n) is 15.0. The van der Waals surface area contributed by atoms with E-state index in [1.165, 1.54) is 6.33 Å². The van der Waals surface area contributed by atoms with Gasteiger partial charge in [0, 0.05) is 5.56 Å². The number of amides is 1. The van der Waals surface area contributed by atoms with E-state index < -0.39 is 0 Å². The van der Waals surface area contributed by atoms with Crippen molar-refractivity contribution in [3.63, 3.8) is 0 Å². The quantitative estimate of drug-likeness (QED) is 0.557. The Balaban J connectivity index is 1.58. The third-order valence-corrected chi connectivity index (χ3v) is 4.57. The summed E-state index contributed by atoms with van der Waals surface area (Å²) in [5.41, 5.74) is 2.25. The van der Waals surface area contributed by atoms with Crippen LogP contribution >= 0.6 is 11.6 Å². The molecule has 8 heteroatoms. The zero-order chi connectivity index (χ0) is 19.5. The van der Waals surface area contributed by atoms with Crippen molar-refractivity contribution in [3.8, 4) is 16.9 Å². The van der Waals surface area contributed by atoms with E-state index in [1.54, 1.807) is 23.7 Å². The molecule has 4 aromatic rings. The second-order valence-corrected chi connectivity index (χ2v) is 6.46. The fourth-order valence-electron chi connectivity index (χ4n) is 2.90. The molecule has 2 aromatic carbocycles. The van der Waals surface area contributed by atoms with Crippen molar-refractivity contribution in [1.82, 2.24) is 25.2 Å². The van der Waals surface area contributed by atoms with Gasteiger partial charge in [-0.1, -0.05) is 53.2 Å². The number of nitrogens with zero attached hydrogens (tertiary/aromatic N) is 4. The summed E-state index contributed by atoms with van der Waals surface area (Å²) in [7, 11) is 0. The Labute approximate surface area is 166 Å². The molecule has 0 atom stereocenters. The van der Waals surface area contributed by atoms with Crippen LogP contribution in [0.15, 0.2) is 65.4 Å². The van der Waals surface area contributed by atoms with Gasteiger partial charge in [0.2, 0.25) is 0 Å². The molecule has 0 unspecified atom stereocenters.